The number of nitrogens with zero attached hydrogens (tertiary/aromatic N) is 1. The van der Waals surface area contributed by atoms with Gasteiger partial charge in [-0.1, -0.05) is 19.3 Å². The molecule has 96 valence electrons. The molecule has 2 rings (SSSR count). The van der Waals surface area contributed by atoms with E-state index in [1.165, 1.54) is 12.5 Å². The van der Waals surface area contributed by atoms with Crippen molar-refractivity contribution in [2.75, 3.05) is 6.54 Å². The summed E-state index contributed by atoms with van der Waals surface area (Å²) in [7, 11) is 0. The lowest BCUT2D eigenvalue weighted by Crippen LogP contribution is -2.37. The first-order valence-corrected chi connectivity index (χ1v) is 6.26. The van der Waals surface area contributed by atoms with Gasteiger partial charge in [0.2, 0.25) is 0 Å². The predicted octanol–water partition coefficient (Wildman–Crippen LogP) is 2.56. The average molecular weight is 248 g/mol. The van der Waals surface area contributed by atoms with E-state index in [9.17, 15) is 9.50 Å². The molecule has 1 aromatic carbocycles. The van der Waals surface area contributed by atoms with Crippen LogP contribution >= 0.6 is 0 Å². The molecule has 1 aliphatic carbocycles. The van der Waals surface area contributed by atoms with Gasteiger partial charge in [0.25, 0.3) is 0 Å². The third kappa shape index (κ3) is 2.06. The molecule has 3 N–H and O–H groups in total. The number of phenolic OH excluding ortho intramolecular Hbond substituents is 1. The highest BCUT2D eigenvalue weighted by Gasteiger charge is 2.33. The number of nitrogens with two attached hydrogens (primary N) is 1. The highest BCUT2D eigenvalue weighted by atomic mass is 19.1. The molecule has 0 radical (unpaired) electrons. The van der Waals surface area contributed by atoms with Crippen LogP contribution in [0.3, 0.4) is 0 Å². The topological polar surface area (TPSA) is 70.0 Å². The van der Waals surface area contributed by atoms with Crippen molar-refractivity contribution >= 4 is 0 Å². The minimum absolute atomic E-state index is 0.0107. The summed E-state index contributed by atoms with van der Waals surface area (Å²) in [6.45, 7) is 0.447. The van der Waals surface area contributed by atoms with Crippen molar-refractivity contribution in [2.24, 2.45) is 5.73 Å². The van der Waals surface area contributed by atoms with E-state index < -0.39 is 11.6 Å². The maximum atomic E-state index is 13.6. The fourth-order valence-electron chi connectivity index (χ4n) is 2.83. The predicted molar refractivity (Wildman–Crippen MR) is 66.6 cm³/mol. The van der Waals surface area contributed by atoms with Gasteiger partial charge in [-0.25, -0.2) is 4.39 Å². The van der Waals surface area contributed by atoms with E-state index in [0.717, 1.165) is 31.2 Å². The van der Waals surface area contributed by atoms with Gasteiger partial charge in [0.1, 0.15) is 6.07 Å². The third-order valence-electron chi connectivity index (χ3n) is 4.00. The number of nitriles is 1. The number of halogens is 1. The van der Waals surface area contributed by atoms with Gasteiger partial charge in [-0.2, -0.15) is 5.26 Å². The van der Waals surface area contributed by atoms with Crippen molar-refractivity contribution in [3.63, 3.8) is 0 Å². The molecule has 1 aromatic rings. The van der Waals surface area contributed by atoms with E-state index in [-0.39, 0.29) is 11.0 Å². The quantitative estimate of drug-likeness (QED) is 0.845. The van der Waals surface area contributed by atoms with Gasteiger partial charge in [-0.15, -0.1) is 0 Å². The molecule has 0 spiro atoms. The molecule has 0 amide bonds. The Bertz CT molecular complexity index is 487. The van der Waals surface area contributed by atoms with Crippen molar-refractivity contribution in [2.45, 2.75) is 37.5 Å². The van der Waals surface area contributed by atoms with Crippen LogP contribution in [0.5, 0.6) is 5.75 Å². The second-order valence-electron chi connectivity index (χ2n) is 5.01. The minimum Gasteiger partial charge on any atom is -0.504 e. The molecular weight excluding hydrogens is 231 g/mol. The molecule has 1 saturated carbocycles. The van der Waals surface area contributed by atoms with Gasteiger partial charge in [0, 0.05) is 12.0 Å². The number of hydrogen-bond acceptors (Lipinski definition) is 3. The van der Waals surface area contributed by atoms with Crippen LogP contribution in [0.4, 0.5) is 4.39 Å². The second-order valence-corrected chi connectivity index (χ2v) is 5.01. The van der Waals surface area contributed by atoms with Crippen LogP contribution in [0.2, 0.25) is 0 Å². The maximum Gasteiger partial charge on any atom is 0.169 e. The molecule has 1 aliphatic rings. The Balaban J connectivity index is 2.49. The van der Waals surface area contributed by atoms with Gasteiger partial charge in [-0.05, 0) is 30.5 Å². The molecule has 0 heterocycles. The lowest BCUT2D eigenvalue weighted by Gasteiger charge is -2.37. The molecule has 3 nitrogen and oxygen atoms in total. The summed E-state index contributed by atoms with van der Waals surface area (Å²) in [6.07, 6.45) is 5.15. The Kier molecular flexibility index (Phi) is 3.53. The number of benzene rings is 1. The summed E-state index contributed by atoms with van der Waals surface area (Å²) in [5.74, 6) is -1.30. The van der Waals surface area contributed by atoms with E-state index in [2.05, 4.69) is 0 Å². The summed E-state index contributed by atoms with van der Waals surface area (Å²) >= 11 is 0. The average Bonchev–Trinajstić information content (AvgIpc) is 2.42. The molecule has 0 aliphatic heterocycles. The Labute approximate surface area is 106 Å². The second kappa shape index (κ2) is 4.95. The fourth-order valence-corrected chi connectivity index (χ4v) is 2.83. The van der Waals surface area contributed by atoms with Gasteiger partial charge in [0.05, 0.1) is 5.56 Å². The van der Waals surface area contributed by atoms with Gasteiger partial charge in [0.15, 0.2) is 11.6 Å². The summed E-state index contributed by atoms with van der Waals surface area (Å²) < 4.78 is 13.6. The third-order valence-corrected chi connectivity index (χ3v) is 4.00. The van der Waals surface area contributed by atoms with Crippen LogP contribution in [0.15, 0.2) is 12.1 Å². The molecule has 0 atom stereocenters. The largest absolute Gasteiger partial charge is 0.504 e. The first kappa shape index (κ1) is 12.8. The molecule has 18 heavy (non-hydrogen) atoms. The first-order valence-electron chi connectivity index (χ1n) is 6.26. The molecule has 0 saturated heterocycles. The Hall–Kier alpha value is -1.60. The highest BCUT2D eigenvalue weighted by molar-refractivity contribution is 5.47. The van der Waals surface area contributed by atoms with Gasteiger partial charge < -0.3 is 10.8 Å². The Morgan fingerprint density at radius 2 is 2.00 bits per heavy atom. The van der Waals surface area contributed by atoms with Gasteiger partial charge in [-0.3, -0.25) is 0 Å². The summed E-state index contributed by atoms with van der Waals surface area (Å²) in [5.41, 5.74) is 6.38. The van der Waals surface area contributed by atoms with Crippen LogP contribution in [0.1, 0.15) is 43.2 Å². The number of rotatable bonds is 2. The summed E-state index contributed by atoms with van der Waals surface area (Å²) in [5, 5.41) is 18.4. The van der Waals surface area contributed by atoms with Crippen LogP contribution in [0.25, 0.3) is 0 Å². The lowest BCUT2D eigenvalue weighted by atomic mass is 9.69. The van der Waals surface area contributed by atoms with Crippen molar-refractivity contribution in [1.29, 1.82) is 5.26 Å². The van der Waals surface area contributed by atoms with Crippen molar-refractivity contribution < 1.29 is 9.50 Å². The zero-order valence-electron chi connectivity index (χ0n) is 10.2. The molecular formula is C14H17FN2O. The Morgan fingerprint density at radius 1 is 1.33 bits per heavy atom. The number of hydrogen-bond donors (Lipinski definition) is 2. The number of phenols is 1. The Morgan fingerprint density at radius 3 is 2.56 bits per heavy atom. The van der Waals surface area contributed by atoms with Crippen molar-refractivity contribution in [3.8, 4) is 11.8 Å². The van der Waals surface area contributed by atoms with E-state index in [4.69, 9.17) is 11.0 Å². The van der Waals surface area contributed by atoms with E-state index in [0.29, 0.717) is 6.54 Å². The fraction of sp³-hybridized carbons (Fsp3) is 0.500. The molecule has 1 fully saturated rings. The standard InChI is InChI=1S/C14H17FN2O/c15-12-7-11(6-10(8-16)13(12)18)14(9-17)4-2-1-3-5-14/h6-7,18H,1-5,9,17H2. The molecule has 0 bridgehead atoms. The normalized spacial score (nSPS) is 18.3. The summed E-state index contributed by atoms with van der Waals surface area (Å²) in [4.78, 5) is 0. The van der Waals surface area contributed by atoms with E-state index in [1.807, 2.05) is 6.07 Å². The summed E-state index contributed by atoms with van der Waals surface area (Å²) in [6, 6.07) is 4.73. The van der Waals surface area contributed by atoms with Crippen LogP contribution in [-0.2, 0) is 5.41 Å². The number of aromatic hydroxyl groups is 1. The lowest BCUT2D eigenvalue weighted by molar-refractivity contribution is 0.299. The van der Waals surface area contributed by atoms with Crippen LogP contribution in [0, 0.1) is 17.1 Å². The first-order chi connectivity index (χ1) is 8.63. The molecule has 0 aromatic heterocycles. The monoisotopic (exact) mass is 248 g/mol. The maximum absolute atomic E-state index is 13.6. The molecule has 0 unspecified atom stereocenters. The van der Waals surface area contributed by atoms with E-state index >= 15 is 0 Å². The van der Waals surface area contributed by atoms with Gasteiger partial charge >= 0.3 is 0 Å². The van der Waals surface area contributed by atoms with Crippen LogP contribution in [-0.4, -0.2) is 11.7 Å². The van der Waals surface area contributed by atoms with E-state index in [1.54, 1.807) is 6.07 Å². The smallest absolute Gasteiger partial charge is 0.169 e. The minimum atomic E-state index is -0.734. The van der Waals surface area contributed by atoms with Crippen molar-refractivity contribution in [3.05, 3.63) is 29.1 Å². The molecule has 4 heteroatoms. The zero-order chi connectivity index (χ0) is 13.2. The van der Waals surface area contributed by atoms with Crippen molar-refractivity contribution in [1.82, 2.24) is 0 Å². The SMILES string of the molecule is N#Cc1cc(C2(CN)CCCCC2)cc(F)c1O. The highest BCUT2D eigenvalue weighted by Crippen LogP contribution is 2.40. The van der Waals surface area contributed by atoms with Crippen LogP contribution < -0.4 is 5.73 Å². The zero-order valence-corrected chi connectivity index (χ0v) is 10.2.